The molecule has 0 aromatic heterocycles. The molecule has 2 saturated heterocycles. The fourth-order valence-electron chi connectivity index (χ4n) is 3.56. The molecule has 2 atom stereocenters. The molecule has 1 amide bonds. The number of carboxylic acids is 1. The van der Waals surface area contributed by atoms with E-state index in [2.05, 4.69) is 0 Å². The van der Waals surface area contributed by atoms with Crippen LogP contribution in [0.3, 0.4) is 0 Å². The number of rotatable bonds is 5. The van der Waals surface area contributed by atoms with E-state index in [9.17, 15) is 18.0 Å². The first-order valence-corrected chi connectivity index (χ1v) is 10.1. The molecule has 0 aliphatic carbocycles. The van der Waals surface area contributed by atoms with Crippen LogP contribution in [0.25, 0.3) is 0 Å². The quantitative estimate of drug-likeness (QED) is 0.798. The number of carbonyl (C=O) groups is 2. The number of nitrogens with zero attached hydrogens (tertiary/aromatic N) is 2. The van der Waals surface area contributed by atoms with Crippen molar-refractivity contribution in [3.8, 4) is 0 Å². The monoisotopic (exact) mass is 346 g/mol. The van der Waals surface area contributed by atoms with Crippen molar-refractivity contribution in [1.29, 1.82) is 0 Å². The van der Waals surface area contributed by atoms with Crippen molar-refractivity contribution in [2.45, 2.75) is 51.0 Å². The number of amides is 1. The van der Waals surface area contributed by atoms with Crippen molar-refractivity contribution in [2.24, 2.45) is 5.92 Å². The lowest BCUT2D eigenvalue weighted by atomic mass is 9.93. The maximum atomic E-state index is 12.8. The molecule has 0 radical (unpaired) electrons. The summed E-state index contributed by atoms with van der Waals surface area (Å²) in [6, 6.07) is -0.0269. The Kier molecular flexibility index (Phi) is 6.02. The smallest absolute Gasteiger partial charge is 0.303 e. The lowest BCUT2D eigenvalue weighted by Gasteiger charge is -2.40. The standard InChI is InChI=1S/C15H26N2O5S/c1-23(21,22)16-9-4-5-12(11-16)15(20)17-10-3-2-6-13(17)7-8-14(18)19/h12-13H,2-11H2,1H3,(H,18,19). The molecular weight excluding hydrogens is 320 g/mol. The highest BCUT2D eigenvalue weighted by Gasteiger charge is 2.35. The van der Waals surface area contributed by atoms with Gasteiger partial charge in [-0.3, -0.25) is 9.59 Å². The van der Waals surface area contributed by atoms with E-state index < -0.39 is 16.0 Å². The Bertz CT molecular complexity index is 548. The first-order valence-electron chi connectivity index (χ1n) is 8.26. The lowest BCUT2D eigenvalue weighted by molar-refractivity contribution is -0.143. The summed E-state index contributed by atoms with van der Waals surface area (Å²) in [6.45, 7) is 1.38. The fraction of sp³-hybridized carbons (Fsp3) is 0.867. The summed E-state index contributed by atoms with van der Waals surface area (Å²) >= 11 is 0. The van der Waals surface area contributed by atoms with Gasteiger partial charge in [-0.15, -0.1) is 0 Å². The van der Waals surface area contributed by atoms with Crippen molar-refractivity contribution in [1.82, 2.24) is 9.21 Å². The highest BCUT2D eigenvalue weighted by Crippen LogP contribution is 2.27. The van der Waals surface area contributed by atoms with Crippen LogP contribution in [-0.2, 0) is 19.6 Å². The van der Waals surface area contributed by atoms with E-state index >= 15 is 0 Å². The minimum Gasteiger partial charge on any atom is -0.481 e. The van der Waals surface area contributed by atoms with Gasteiger partial charge in [-0.2, -0.15) is 0 Å². The van der Waals surface area contributed by atoms with Crippen LogP contribution in [0.2, 0.25) is 0 Å². The van der Waals surface area contributed by atoms with Gasteiger partial charge < -0.3 is 10.0 Å². The molecule has 2 heterocycles. The molecule has 2 fully saturated rings. The summed E-state index contributed by atoms with van der Waals surface area (Å²) in [7, 11) is -3.27. The third-order valence-corrected chi connectivity index (χ3v) is 6.07. The van der Waals surface area contributed by atoms with E-state index in [1.807, 2.05) is 4.90 Å². The van der Waals surface area contributed by atoms with Crippen LogP contribution in [0.4, 0.5) is 0 Å². The molecule has 0 aromatic carbocycles. The van der Waals surface area contributed by atoms with E-state index in [0.717, 1.165) is 19.3 Å². The molecule has 2 aliphatic heterocycles. The van der Waals surface area contributed by atoms with Gasteiger partial charge in [-0.05, 0) is 38.5 Å². The molecule has 23 heavy (non-hydrogen) atoms. The molecule has 0 aromatic rings. The van der Waals surface area contributed by atoms with Crippen LogP contribution < -0.4 is 0 Å². The van der Waals surface area contributed by atoms with Crippen molar-refractivity contribution < 1.29 is 23.1 Å². The van der Waals surface area contributed by atoms with Gasteiger partial charge in [0, 0.05) is 32.1 Å². The molecule has 7 nitrogen and oxygen atoms in total. The first-order chi connectivity index (χ1) is 10.8. The molecule has 0 saturated carbocycles. The van der Waals surface area contributed by atoms with Crippen LogP contribution in [-0.4, -0.2) is 66.5 Å². The minimum atomic E-state index is -3.27. The van der Waals surface area contributed by atoms with Crippen molar-refractivity contribution in [3.05, 3.63) is 0 Å². The van der Waals surface area contributed by atoms with E-state index in [1.54, 1.807) is 0 Å². The van der Waals surface area contributed by atoms with Crippen LogP contribution >= 0.6 is 0 Å². The Labute approximate surface area is 137 Å². The van der Waals surface area contributed by atoms with Crippen LogP contribution in [0.1, 0.15) is 44.9 Å². The normalized spacial score (nSPS) is 26.9. The Hall–Kier alpha value is -1.15. The second-order valence-corrected chi connectivity index (χ2v) is 8.56. The number of hydrogen-bond acceptors (Lipinski definition) is 4. The topological polar surface area (TPSA) is 95.0 Å². The summed E-state index contributed by atoms with van der Waals surface area (Å²) < 4.78 is 24.8. The molecule has 8 heteroatoms. The van der Waals surface area contributed by atoms with Gasteiger partial charge in [-0.1, -0.05) is 0 Å². The van der Waals surface area contributed by atoms with Gasteiger partial charge >= 0.3 is 5.97 Å². The number of carbonyl (C=O) groups excluding carboxylic acids is 1. The van der Waals surface area contributed by atoms with E-state index in [-0.39, 0.29) is 30.8 Å². The van der Waals surface area contributed by atoms with Crippen LogP contribution in [0.5, 0.6) is 0 Å². The number of carboxylic acid groups (broad SMARTS) is 1. The average Bonchev–Trinajstić information content (AvgIpc) is 2.52. The van der Waals surface area contributed by atoms with Gasteiger partial charge in [0.05, 0.1) is 12.2 Å². The largest absolute Gasteiger partial charge is 0.481 e. The fourth-order valence-corrected chi connectivity index (χ4v) is 4.47. The summed E-state index contributed by atoms with van der Waals surface area (Å²) in [4.78, 5) is 25.4. The van der Waals surface area contributed by atoms with Gasteiger partial charge in [0.25, 0.3) is 0 Å². The Balaban J connectivity index is 2.02. The SMILES string of the molecule is CS(=O)(=O)N1CCCC(C(=O)N2CCCCC2CCC(=O)O)C1. The summed E-state index contributed by atoms with van der Waals surface area (Å²) in [5.41, 5.74) is 0. The van der Waals surface area contributed by atoms with Crippen molar-refractivity contribution in [2.75, 3.05) is 25.9 Å². The summed E-state index contributed by atoms with van der Waals surface area (Å²) in [5, 5.41) is 8.87. The highest BCUT2D eigenvalue weighted by molar-refractivity contribution is 7.88. The number of likely N-dealkylation sites (tertiary alicyclic amines) is 1. The zero-order valence-electron chi connectivity index (χ0n) is 13.6. The van der Waals surface area contributed by atoms with Crippen LogP contribution in [0.15, 0.2) is 0 Å². The highest BCUT2D eigenvalue weighted by atomic mass is 32.2. The zero-order valence-corrected chi connectivity index (χ0v) is 14.4. The molecule has 132 valence electrons. The number of hydrogen-bond donors (Lipinski definition) is 1. The van der Waals surface area contributed by atoms with E-state index in [1.165, 1.54) is 10.6 Å². The summed E-state index contributed by atoms with van der Waals surface area (Å²) in [5.74, 6) is -1.15. The second-order valence-electron chi connectivity index (χ2n) is 6.57. The van der Waals surface area contributed by atoms with E-state index in [0.29, 0.717) is 32.4 Å². The second kappa shape index (κ2) is 7.61. The van der Waals surface area contributed by atoms with Gasteiger partial charge in [0.2, 0.25) is 15.9 Å². The predicted octanol–water partition coefficient (Wildman–Crippen LogP) is 0.904. The average molecular weight is 346 g/mol. The molecule has 2 unspecified atom stereocenters. The predicted molar refractivity (Wildman–Crippen MR) is 85.4 cm³/mol. The third-order valence-electron chi connectivity index (χ3n) is 4.80. The van der Waals surface area contributed by atoms with E-state index in [4.69, 9.17) is 5.11 Å². The lowest BCUT2D eigenvalue weighted by Crippen LogP contribution is -2.51. The first kappa shape index (κ1) is 18.2. The number of aliphatic carboxylic acids is 1. The van der Waals surface area contributed by atoms with Crippen molar-refractivity contribution >= 4 is 21.9 Å². The maximum absolute atomic E-state index is 12.8. The molecular formula is C15H26N2O5S. The maximum Gasteiger partial charge on any atom is 0.303 e. The summed E-state index contributed by atoms with van der Waals surface area (Å²) in [6.07, 6.45) is 5.88. The molecule has 0 bridgehead atoms. The molecule has 0 spiro atoms. The third kappa shape index (κ3) is 4.91. The van der Waals surface area contributed by atoms with Gasteiger partial charge in [-0.25, -0.2) is 12.7 Å². The molecule has 2 aliphatic rings. The Morgan fingerprint density at radius 3 is 2.52 bits per heavy atom. The van der Waals surface area contributed by atoms with Gasteiger partial charge in [0.15, 0.2) is 0 Å². The Morgan fingerprint density at radius 1 is 1.13 bits per heavy atom. The zero-order chi connectivity index (χ0) is 17.0. The number of sulfonamides is 1. The van der Waals surface area contributed by atoms with Crippen molar-refractivity contribution in [3.63, 3.8) is 0 Å². The Morgan fingerprint density at radius 2 is 1.87 bits per heavy atom. The van der Waals surface area contributed by atoms with Gasteiger partial charge in [0.1, 0.15) is 0 Å². The number of piperidine rings is 2. The molecule has 1 N–H and O–H groups in total. The minimum absolute atomic E-state index is 0.00608. The van der Waals surface area contributed by atoms with Crippen LogP contribution in [0, 0.1) is 5.92 Å². The molecule has 2 rings (SSSR count).